The molecule has 0 atom stereocenters. The van der Waals surface area contributed by atoms with Crippen molar-refractivity contribution in [2.75, 3.05) is 30.4 Å². The molecule has 4 N–H and O–H groups in total. The number of hydrogen-bond acceptors (Lipinski definition) is 5. The second-order valence-electron chi connectivity index (χ2n) is 6.38. The van der Waals surface area contributed by atoms with Crippen LogP contribution in [0.5, 0.6) is 11.5 Å². The van der Waals surface area contributed by atoms with Crippen molar-refractivity contribution >= 4 is 23.2 Å². The van der Waals surface area contributed by atoms with Gasteiger partial charge in [-0.3, -0.25) is 9.59 Å². The Morgan fingerprint density at radius 3 is 2.10 bits per heavy atom. The molecule has 2 amide bonds. The molecule has 154 valence electrons. The second kappa shape index (κ2) is 10.5. The summed E-state index contributed by atoms with van der Waals surface area (Å²) in [5, 5.41) is 5.75. The normalized spacial score (nSPS) is 10.1. The molecule has 30 heavy (non-hydrogen) atoms. The van der Waals surface area contributed by atoms with Crippen molar-refractivity contribution in [2.24, 2.45) is 5.73 Å². The van der Waals surface area contributed by atoms with E-state index in [0.29, 0.717) is 35.9 Å². The molecule has 0 bridgehead atoms. The first-order valence-electron chi connectivity index (χ1n) is 9.44. The third kappa shape index (κ3) is 6.56. The van der Waals surface area contributed by atoms with Crippen LogP contribution in [0.4, 0.5) is 11.4 Å². The number of carbonyl (C=O) groups excluding carboxylic acids is 2. The Labute approximate surface area is 174 Å². The average Bonchev–Trinajstić information content (AvgIpc) is 2.77. The highest BCUT2D eigenvalue weighted by atomic mass is 16.5. The number of nitrogens with one attached hydrogen (secondary N) is 2. The monoisotopic (exact) mass is 405 g/mol. The fraction of sp³-hybridized carbons (Fsp3) is 0.130. The first-order chi connectivity index (χ1) is 14.6. The summed E-state index contributed by atoms with van der Waals surface area (Å²) in [6.07, 6.45) is 0. The van der Waals surface area contributed by atoms with Gasteiger partial charge in [-0.2, -0.15) is 0 Å². The minimum atomic E-state index is -0.517. The van der Waals surface area contributed by atoms with Gasteiger partial charge < -0.3 is 25.8 Å². The minimum absolute atomic E-state index is 0.0529. The fourth-order valence-electron chi connectivity index (χ4n) is 2.64. The maximum absolute atomic E-state index is 12.1. The molecule has 0 aliphatic heterocycles. The number of rotatable bonds is 10. The lowest BCUT2D eigenvalue weighted by molar-refractivity contribution is -0.114. The van der Waals surface area contributed by atoms with Crippen LogP contribution in [0, 0.1) is 0 Å². The van der Waals surface area contributed by atoms with Gasteiger partial charge in [0.05, 0.1) is 6.54 Å². The van der Waals surface area contributed by atoms with E-state index in [-0.39, 0.29) is 12.5 Å². The molecule has 0 saturated heterocycles. The summed E-state index contributed by atoms with van der Waals surface area (Å²) < 4.78 is 11.2. The topological polar surface area (TPSA) is 103 Å². The van der Waals surface area contributed by atoms with E-state index in [1.807, 2.05) is 30.3 Å². The lowest BCUT2D eigenvalue weighted by Crippen LogP contribution is -2.22. The number of ether oxygens (including phenoxy) is 2. The summed E-state index contributed by atoms with van der Waals surface area (Å²) >= 11 is 0. The van der Waals surface area contributed by atoms with Gasteiger partial charge in [-0.1, -0.05) is 24.3 Å². The fourth-order valence-corrected chi connectivity index (χ4v) is 2.64. The number of para-hydroxylation sites is 1. The summed E-state index contributed by atoms with van der Waals surface area (Å²) in [6.45, 7) is 0.900. The molecular weight excluding hydrogens is 382 g/mol. The van der Waals surface area contributed by atoms with Crippen LogP contribution in [0.1, 0.15) is 10.4 Å². The van der Waals surface area contributed by atoms with Crippen molar-refractivity contribution in [1.29, 1.82) is 0 Å². The quantitative estimate of drug-likeness (QED) is 0.449. The van der Waals surface area contributed by atoms with Crippen molar-refractivity contribution in [2.45, 2.75) is 0 Å². The number of carbonyl (C=O) groups is 2. The molecule has 0 heterocycles. The molecule has 0 aliphatic carbocycles. The maximum atomic E-state index is 12.1. The third-order valence-corrected chi connectivity index (χ3v) is 4.10. The van der Waals surface area contributed by atoms with Gasteiger partial charge in [0.2, 0.25) is 11.8 Å². The average molecular weight is 405 g/mol. The molecule has 0 radical (unpaired) electrons. The zero-order valence-electron chi connectivity index (χ0n) is 16.3. The lowest BCUT2D eigenvalue weighted by Gasteiger charge is -2.10. The van der Waals surface area contributed by atoms with E-state index in [0.717, 1.165) is 5.75 Å². The number of benzene rings is 3. The molecule has 7 nitrogen and oxygen atoms in total. The zero-order chi connectivity index (χ0) is 21.2. The van der Waals surface area contributed by atoms with Crippen LogP contribution in [0.3, 0.4) is 0 Å². The van der Waals surface area contributed by atoms with Gasteiger partial charge in [-0.05, 0) is 54.6 Å². The first kappa shape index (κ1) is 20.7. The van der Waals surface area contributed by atoms with Gasteiger partial charge in [0.1, 0.15) is 24.7 Å². The molecule has 3 aromatic rings. The number of hydrogen-bond donors (Lipinski definition) is 3. The van der Waals surface area contributed by atoms with Gasteiger partial charge in [-0.25, -0.2) is 0 Å². The van der Waals surface area contributed by atoms with Crippen LogP contribution in [0.25, 0.3) is 0 Å². The van der Waals surface area contributed by atoms with Crippen LogP contribution < -0.4 is 25.8 Å². The predicted octanol–water partition coefficient (Wildman–Crippen LogP) is 3.29. The number of primary amides is 1. The van der Waals surface area contributed by atoms with Gasteiger partial charge >= 0.3 is 0 Å². The largest absolute Gasteiger partial charge is 0.490 e. The van der Waals surface area contributed by atoms with Crippen molar-refractivity contribution < 1.29 is 19.1 Å². The van der Waals surface area contributed by atoms with Gasteiger partial charge in [-0.15, -0.1) is 0 Å². The Morgan fingerprint density at radius 2 is 1.43 bits per heavy atom. The molecule has 0 fully saturated rings. The summed E-state index contributed by atoms with van der Waals surface area (Å²) in [7, 11) is 0. The smallest absolute Gasteiger partial charge is 0.248 e. The van der Waals surface area contributed by atoms with E-state index < -0.39 is 5.91 Å². The highest BCUT2D eigenvalue weighted by Crippen LogP contribution is 2.16. The van der Waals surface area contributed by atoms with Crippen LogP contribution in [-0.2, 0) is 4.79 Å². The summed E-state index contributed by atoms with van der Waals surface area (Å²) in [5.41, 5.74) is 6.93. The highest BCUT2D eigenvalue weighted by molar-refractivity contribution is 5.95. The Bertz CT molecular complexity index is 975. The molecule has 0 saturated carbocycles. The van der Waals surface area contributed by atoms with Gasteiger partial charge in [0.25, 0.3) is 0 Å². The summed E-state index contributed by atoms with van der Waals surface area (Å²) in [6, 6.07) is 23.3. The second-order valence-corrected chi connectivity index (χ2v) is 6.38. The van der Waals surface area contributed by atoms with Crippen LogP contribution >= 0.6 is 0 Å². The number of amides is 2. The molecule has 0 spiro atoms. The Kier molecular flexibility index (Phi) is 7.27. The minimum Gasteiger partial charge on any atom is -0.490 e. The molecule has 0 aliphatic rings. The van der Waals surface area contributed by atoms with Crippen LogP contribution in [0.2, 0.25) is 0 Å². The molecule has 3 aromatic carbocycles. The summed E-state index contributed by atoms with van der Waals surface area (Å²) in [5.74, 6) is 0.752. The van der Waals surface area contributed by atoms with E-state index in [1.54, 1.807) is 48.5 Å². The number of anilines is 2. The van der Waals surface area contributed by atoms with E-state index in [9.17, 15) is 9.59 Å². The van der Waals surface area contributed by atoms with Crippen LogP contribution in [0.15, 0.2) is 78.9 Å². The molecule has 0 unspecified atom stereocenters. The van der Waals surface area contributed by atoms with Crippen molar-refractivity contribution in [3.8, 4) is 11.5 Å². The maximum Gasteiger partial charge on any atom is 0.248 e. The third-order valence-electron chi connectivity index (χ3n) is 4.10. The predicted molar refractivity (Wildman–Crippen MR) is 116 cm³/mol. The SMILES string of the molecule is NC(=O)c1cccc(NCC(=O)Nc2ccc(OCCOc3ccccc3)cc2)c1. The van der Waals surface area contributed by atoms with E-state index in [1.165, 1.54) is 0 Å². The van der Waals surface area contributed by atoms with E-state index >= 15 is 0 Å². The number of nitrogens with two attached hydrogens (primary N) is 1. The molecule has 0 aromatic heterocycles. The van der Waals surface area contributed by atoms with Crippen LogP contribution in [-0.4, -0.2) is 31.6 Å². The Morgan fingerprint density at radius 1 is 0.767 bits per heavy atom. The summed E-state index contributed by atoms with van der Waals surface area (Å²) in [4.78, 5) is 23.3. The highest BCUT2D eigenvalue weighted by Gasteiger charge is 2.05. The molecule has 7 heteroatoms. The standard InChI is InChI=1S/C23H23N3O4/c24-23(28)17-5-4-6-19(15-17)25-16-22(27)26-18-9-11-21(12-10-18)30-14-13-29-20-7-2-1-3-8-20/h1-12,15,25H,13-14,16H2,(H2,24,28)(H,26,27). The lowest BCUT2D eigenvalue weighted by atomic mass is 10.2. The molecule has 3 rings (SSSR count). The van der Waals surface area contributed by atoms with Crippen molar-refractivity contribution in [3.05, 3.63) is 84.4 Å². The van der Waals surface area contributed by atoms with Gasteiger partial charge in [0.15, 0.2) is 0 Å². The Hall–Kier alpha value is -4.00. The van der Waals surface area contributed by atoms with Crippen molar-refractivity contribution in [3.63, 3.8) is 0 Å². The van der Waals surface area contributed by atoms with Crippen molar-refractivity contribution in [1.82, 2.24) is 0 Å². The van der Waals surface area contributed by atoms with E-state index in [4.69, 9.17) is 15.2 Å². The van der Waals surface area contributed by atoms with E-state index in [2.05, 4.69) is 10.6 Å². The first-order valence-corrected chi connectivity index (χ1v) is 9.44. The zero-order valence-corrected chi connectivity index (χ0v) is 16.3. The Balaban J connectivity index is 1.39. The molecular formula is C23H23N3O4. The van der Waals surface area contributed by atoms with Gasteiger partial charge in [0, 0.05) is 16.9 Å².